The molecule has 1 unspecified atom stereocenters. The van der Waals surface area contributed by atoms with Crippen molar-refractivity contribution in [2.45, 2.75) is 20.1 Å². The van der Waals surface area contributed by atoms with Crippen molar-refractivity contribution in [2.75, 3.05) is 20.7 Å². The minimum absolute atomic E-state index is 0.105. The van der Waals surface area contributed by atoms with Crippen molar-refractivity contribution in [2.24, 2.45) is 10.9 Å². The Labute approximate surface area is 133 Å². The topological polar surface area (TPSA) is 72.0 Å². The van der Waals surface area contributed by atoms with Gasteiger partial charge in [-0.25, -0.2) is 0 Å². The van der Waals surface area contributed by atoms with Gasteiger partial charge in [-0.05, 0) is 6.07 Å². The molecule has 1 rings (SSSR count). The number of rotatable bonds is 7. The number of hydrogen-bond donors (Lipinski definition) is 2. The standard InChI is InChI=1S/C15H21F2N3O3/c1-10(13(21)22-3)8-19-15(18-2)20-9-11-6-4-5-7-12(11)23-14(16)17/h4-7,10,14H,8-9H2,1-3H3,(H2,18,19,20). The fourth-order valence-electron chi connectivity index (χ4n) is 1.79. The Balaban J connectivity index is 2.57. The van der Waals surface area contributed by atoms with Crippen molar-refractivity contribution in [1.29, 1.82) is 0 Å². The van der Waals surface area contributed by atoms with Gasteiger partial charge in [0.25, 0.3) is 0 Å². The second-order valence-electron chi connectivity index (χ2n) is 4.72. The van der Waals surface area contributed by atoms with Crippen LogP contribution in [-0.2, 0) is 16.1 Å². The second-order valence-corrected chi connectivity index (χ2v) is 4.72. The summed E-state index contributed by atoms with van der Waals surface area (Å²) in [6.07, 6.45) is 0. The number of carbonyl (C=O) groups is 1. The van der Waals surface area contributed by atoms with Crippen LogP contribution in [0.3, 0.4) is 0 Å². The van der Waals surface area contributed by atoms with E-state index in [1.807, 2.05) is 0 Å². The third-order valence-electron chi connectivity index (χ3n) is 3.04. The molecule has 0 spiro atoms. The van der Waals surface area contributed by atoms with Crippen LogP contribution in [0.4, 0.5) is 8.78 Å². The first kappa shape index (κ1) is 18.7. The normalized spacial score (nSPS) is 12.7. The summed E-state index contributed by atoms with van der Waals surface area (Å²) in [4.78, 5) is 15.3. The molecular weight excluding hydrogens is 308 g/mol. The van der Waals surface area contributed by atoms with E-state index in [1.165, 1.54) is 13.2 Å². The largest absolute Gasteiger partial charge is 0.469 e. The third-order valence-corrected chi connectivity index (χ3v) is 3.04. The van der Waals surface area contributed by atoms with Crippen molar-refractivity contribution < 1.29 is 23.0 Å². The average Bonchev–Trinajstić information content (AvgIpc) is 2.54. The average molecular weight is 329 g/mol. The smallest absolute Gasteiger partial charge is 0.387 e. The molecule has 1 atom stereocenters. The molecule has 0 radical (unpaired) electrons. The van der Waals surface area contributed by atoms with E-state index >= 15 is 0 Å². The van der Waals surface area contributed by atoms with Crippen molar-refractivity contribution in [3.8, 4) is 5.75 Å². The number of methoxy groups -OCH3 is 1. The van der Waals surface area contributed by atoms with Crippen LogP contribution in [0.5, 0.6) is 5.75 Å². The quantitative estimate of drug-likeness (QED) is 0.453. The SMILES string of the molecule is CN=C(NCc1ccccc1OC(F)F)NCC(C)C(=O)OC. The lowest BCUT2D eigenvalue weighted by Crippen LogP contribution is -2.40. The lowest BCUT2D eigenvalue weighted by molar-refractivity contribution is -0.144. The number of esters is 1. The minimum Gasteiger partial charge on any atom is -0.469 e. The highest BCUT2D eigenvalue weighted by molar-refractivity contribution is 5.80. The van der Waals surface area contributed by atoms with E-state index in [0.29, 0.717) is 18.1 Å². The molecule has 1 aromatic carbocycles. The fraction of sp³-hybridized carbons (Fsp3) is 0.467. The summed E-state index contributed by atoms with van der Waals surface area (Å²) in [5.41, 5.74) is 0.566. The zero-order chi connectivity index (χ0) is 17.2. The Kier molecular flexibility index (Phi) is 7.79. The zero-order valence-corrected chi connectivity index (χ0v) is 13.3. The third kappa shape index (κ3) is 6.50. The molecule has 2 N–H and O–H groups in total. The highest BCUT2D eigenvalue weighted by Crippen LogP contribution is 2.19. The number of ether oxygens (including phenoxy) is 2. The lowest BCUT2D eigenvalue weighted by atomic mass is 10.2. The Hall–Kier alpha value is -2.38. The number of hydrogen-bond acceptors (Lipinski definition) is 4. The van der Waals surface area contributed by atoms with Crippen molar-refractivity contribution in [3.63, 3.8) is 0 Å². The van der Waals surface area contributed by atoms with Gasteiger partial charge in [0, 0.05) is 25.7 Å². The molecule has 23 heavy (non-hydrogen) atoms. The van der Waals surface area contributed by atoms with Gasteiger partial charge < -0.3 is 20.1 Å². The monoisotopic (exact) mass is 329 g/mol. The van der Waals surface area contributed by atoms with Crippen molar-refractivity contribution >= 4 is 11.9 Å². The Morgan fingerprint density at radius 3 is 2.61 bits per heavy atom. The first-order valence-corrected chi connectivity index (χ1v) is 7.03. The Morgan fingerprint density at radius 2 is 2.00 bits per heavy atom. The number of nitrogens with one attached hydrogen (secondary N) is 2. The Morgan fingerprint density at radius 1 is 1.30 bits per heavy atom. The van der Waals surface area contributed by atoms with Crippen LogP contribution in [0.15, 0.2) is 29.3 Å². The van der Waals surface area contributed by atoms with E-state index in [2.05, 4.69) is 25.1 Å². The molecule has 0 saturated heterocycles. The van der Waals surface area contributed by atoms with Gasteiger partial charge in [0.1, 0.15) is 5.75 Å². The van der Waals surface area contributed by atoms with Crippen LogP contribution in [0.2, 0.25) is 0 Å². The molecule has 0 bridgehead atoms. The maximum atomic E-state index is 12.4. The van der Waals surface area contributed by atoms with Gasteiger partial charge >= 0.3 is 12.6 Å². The van der Waals surface area contributed by atoms with Gasteiger partial charge in [-0.15, -0.1) is 0 Å². The predicted molar refractivity (Wildman–Crippen MR) is 82.5 cm³/mol. The molecule has 0 aromatic heterocycles. The molecule has 0 amide bonds. The maximum absolute atomic E-state index is 12.4. The van der Waals surface area contributed by atoms with E-state index in [1.54, 1.807) is 32.2 Å². The number of nitrogens with zero attached hydrogens (tertiary/aromatic N) is 1. The molecule has 0 heterocycles. The van der Waals surface area contributed by atoms with Gasteiger partial charge in [0.15, 0.2) is 5.96 Å². The van der Waals surface area contributed by atoms with E-state index < -0.39 is 6.61 Å². The van der Waals surface area contributed by atoms with Crippen LogP contribution in [-0.4, -0.2) is 39.2 Å². The maximum Gasteiger partial charge on any atom is 0.387 e. The summed E-state index contributed by atoms with van der Waals surface area (Å²) in [6, 6.07) is 6.49. The molecule has 0 aliphatic rings. The summed E-state index contributed by atoms with van der Waals surface area (Å²) in [5, 5.41) is 5.94. The van der Waals surface area contributed by atoms with Crippen LogP contribution in [0.1, 0.15) is 12.5 Å². The fourth-order valence-corrected chi connectivity index (χ4v) is 1.79. The number of benzene rings is 1. The molecule has 8 heteroatoms. The first-order chi connectivity index (χ1) is 11.0. The van der Waals surface area contributed by atoms with E-state index in [9.17, 15) is 13.6 Å². The molecule has 0 aliphatic carbocycles. The molecule has 0 saturated carbocycles. The molecular formula is C15H21F2N3O3. The summed E-state index contributed by atoms with van der Waals surface area (Å²) < 4.78 is 33.8. The molecule has 128 valence electrons. The number of guanidine groups is 1. The lowest BCUT2D eigenvalue weighted by Gasteiger charge is -2.16. The van der Waals surface area contributed by atoms with E-state index in [-0.39, 0.29) is 24.2 Å². The number of halogens is 2. The Bertz CT molecular complexity index is 538. The molecule has 0 fully saturated rings. The zero-order valence-electron chi connectivity index (χ0n) is 13.3. The van der Waals surface area contributed by atoms with E-state index in [0.717, 1.165) is 0 Å². The van der Waals surface area contributed by atoms with Crippen LogP contribution in [0, 0.1) is 5.92 Å². The second kappa shape index (κ2) is 9.60. The minimum atomic E-state index is -2.88. The highest BCUT2D eigenvalue weighted by Gasteiger charge is 2.14. The number of aliphatic imine (C=N–C) groups is 1. The van der Waals surface area contributed by atoms with Crippen molar-refractivity contribution in [1.82, 2.24) is 10.6 Å². The number of alkyl halides is 2. The molecule has 1 aromatic rings. The summed E-state index contributed by atoms with van der Waals surface area (Å²) in [6.45, 7) is -0.580. The predicted octanol–water partition coefficient (Wildman–Crippen LogP) is 1.76. The van der Waals surface area contributed by atoms with Crippen LogP contribution in [0.25, 0.3) is 0 Å². The molecule has 6 nitrogen and oxygen atoms in total. The van der Waals surface area contributed by atoms with Crippen LogP contribution < -0.4 is 15.4 Å². The van der Waals surface area contributed by atoms with Crippen molar-refractivity contribution in [3.05, 3.63) is 29.8 Å². The molecule has 0 aliphatic heterocycles. The van der Waals surface area contributed by atoms with Gasteiger partial charge in [-0.2, -0.15) is 8.78 Å². The summed E-state index contributed by atoms with van der Waals surface area (Å²) in [7, 11) is 2.89. The van der Waals surface area contributed by atoms with Gasteiger partial charge in [0.2, 0.25) is 0 Å². The van der Waals surface area contributed by atoms with Crippen LogP contribution >= 0.6 is 0 Å². The van der Waals surface area contributed by atoms with Gasteiger partial charge in [-0.1, -0.05) is 25.1 Å². The van der Waals surface area contributed by atoms with Gasteiger partial charge in [-0.3, -0.25) is 9.79 Å². The summed E-state index contributed by atoms with van der Waals surface area (Å²) in [5.74, 6) is -0.127. The van der Waals surface area contributed by atoms with E-state index in [4.69, 9.17) is 0 Å². The number of carbonyl (C=O) groups excluding carboxylic acids is 1. The number of para-hydroxylation sites is 1. The first-order valence-electron chi connectivity index (χ1n) is 7.03. The summed E-state index contributed by atoms with van der Waals surface area (Å²) >= 11 is 0. The van der Waals surface area contributed by atoms with Gasteiger partial charge in [0.05, 0.1) is 13.0 Å². The highest BCUT2D eigenvalue weighted by atomic mass is 19.3.